The van der Waals surface area contributed by atoms with Gasteiger partial charge >= 0.3 is 0 Å². The Hall–Kier alpha value is -3.66. The third-order valence-corrected chi connectivity index (χ3v) is 5.88. The van der Waals surface area contributed by atoms with Gasteiger partial charge in [-0.1, -0.05) is 0 Å². The number of nitrogens with zero attached hydrogens (tertiary/aromatic N) is 4. The number of rotatable bonds is 5. The molecule has 2 aliphatic heterocycles. The highest BCUT2D eigenvalue weighted by atomic mass is 19.2. The average molecular weight is 454 g/mol. The molecule has 0 saturated carbocycles. The van der Waals surface area contributed by atoms with Crippen molar-refractivity contribution in [2.45, 2.75) is 6.42 Å². The maximum absolute atomic E-state index is 13.8. The molecule has 5 rings (SSSR count). The van der Waals surface area contributed by atoms with Crippen molar-refractivity contribution in [3.8, 4) is 5.75 Å². The second-order valence-electron chi connectivity index (χ2n) is 7.84. The zero-order chi connectivity index (χ0) is 22.9. The number of nitrogens with two attached hydrogens (primary N) is 1. The molecule has 0 unspecified atom stereocenters. The first-order chi connectivity index (χ1) is 16.0. The van der Waals surface area contributed by atoms with E-state index in [2.05, 4.69) is 20.2 Å². The molecule has 2 aliphatic rings. The van der Waals surface area contributed by atoms with Gasteiger partial charge in [0.2, 0.25) is 5.95 Å². The number of nitrogens with one attached hydrogen (secondary N) is 1. The van der Waals surface area contributed by atoms with E-state index in [4.69, 9.17) is 15.2 Å². The minimum Gasteiger partial charge on any atom is -0.494 e. The molecule has 3 heterocycles. The van der Waals surface area contributed by atoms with Crippen molar-refractivity contribution in [2.24, 2.45) is 0 Å². The molecule has 8 nitrogen and oxygen atoms in total. The number of halogens is 2. The Bertz CT molecular complexity index is 1190. The second-order valence-corrected chi connectivity index (χ2v) is 7.84. The SMILES string of the molecule is COc1cc(N2CCOCC2)ccc1Nc1nc(N)c2c(n1)N(c1ccc(F)c(F)c1)CC2. The third-order valence-electron chi connectivity index (χ3n) is 5.88. The number of anilines is 6. The van der Waals surface area contributed by atoms with Gasteiger partial charge in [0, 0.05) is 48.7 Å². The molecule has 0 spiro atoms. The number of hydrogen-bond acceptors (Lipinski definition) is 8. The van der Waals surface area contributed by atoms with Crippen LogP contribution in [-0.2, 0) is 11.2 Å². The first kappa shape index (κ1) is 21.2. The summed E-state index contributed by atoms with van der Waals surface area (Å²) in [6, 6.07) is 9.64. The molecule has 1 fully saturated rings. The van der Waals surface area contributed by atoms with Crippen molar-refractivity contribution < 1.29 is 18.3 Å². The third kappa shape index (κ3) is 4.09. The molecular formula is C23H24F2N6O2. The molecule has 2 aromatic carbocycles. The van der Waals surface area contributed by atoms with Crippen LogP contribution in [-0.4, -0.2) is 49.9 Å². The predicted molar refractivity (Wildman–Crippen MR) is 123 cm³/mol. The number of benzene rings is 2. The fraction of sp³-hybridized carbons (Fsp3) is 0.304. The Kier molecular flexibility index (Phi) is 5.59. The molecule has 3 N–H and O–H groups in total. The van der Waals surface area contributed by atoms with E-state index in [9.17, 15) is 8.78 Å². The summed E-state index contributed by atoms with van der Waals surface area (Å²) in [6.45, 7) is 3.57. The lowest BCUT2D eigenvalue weighted by atomic mass is 10.2. The van der Waals surface area contributed by atoms with Crippen LogP contribution in [0.4, 0.5) is 43.4 Å². The summed E-state index contributed by atoms with van der Waals surface area (Å²) in [5.41, 5.74) is 9.22. The number of fused-ring (bicyclic) bond motifs is 1. The van der Waals surface area contributed by atoms with E-state index in [0.717, 1.165) is 36.5 Å². The van der Waals surface area contributed by atoms with E-state index in [1.165, 1.54) is 6.07 Å². The van der Waals surface area contributed by atoms with E-state index in [-0.39, 0.29) is 5.95 Å². The molecule has 1 saturated heterocycles. The minimum atomic E-state index is -0.911. The van der Waals surface area contributed by atoms with Crippen LogP contribution in [0.2, 0.25) is 0 Å². The second kappa shape index (κ2) is 8.70. The average Bonchev–Trinajstić information content (AvgIpc) is 3.26. The lowest BCUT2D eigenvalue weighted by Gasteiger charge is -2.29. The van der Waals surface area contributed by atoms with Crippen molar-refractivity contribution in [3.63, 3.8) is 0 Å². The summed E-state index contributed by atoms with van der Waals surface area (Å²) in [7, 11) is 1.60. The summed E-state index contributed by atoms with van der Waals surface area (Å²) >= 11 is 0. The molecule has 1 aromatic heterocycles. The van der Waals surface area contributed by atoms with Crippen LogP contribution >= 0.6 is 0 Å². The molecule has 0 bridgehead atoms. The number of hydrogen-bond donors (Lipinski definition) is 2. The molecule has 0 aliphatic carbocycles. The van der Waals surface area contributed by atoms with Crippen LogP contribution in [0.3, 0.4) is 0 Å². The normalized spacial score (nSPS) is 15.5. The van der Waals surface area contributed by atoms with Gasteiger partial charge in [-0.2, -0.15) is 9.97 Å². The highest BCUT2D eigenvalue weighted by molar-refractivity contribution is 5.74. The molecular weight excluding hydrogens is 430 g/mol. The molecule has 0 amide bonds. The Morgan fingerprint density at radius 2 is 1.79 bits per heavy atom. The topological polar surface area (TPSA) is 88.8 Å². The van der Waals surface area contributed by atoms with Crippen LogP contribution in [0.5, 0.6) is 5.75 Å². The summed E-state index contributed by atoms with van der Waals surface area (Å²) in [6.07, 6.45) is 0.609. The van der Waals surface area contributed by atoms with Crippen molar-refractivity contribution >= 4 is 34.6 Å². The molecule has 172 valence electrons. The van der Waals surface area contributed by atoms with Gasteiger partial charge in [0.25, 0.3) is 0 Å². The Morgan fingerprint density at radius 1 is 1.00 bits per heavy atom. The van der Waals surface area contributed by atoms with Gasteiger partial charge < -0.3 is 30.3 Å². The lowest BCUT2D eigenvalue weighted by molar-refractivity contribution is 0.122. The monoisotopic (exact) mass is 454 g/mol. The standard InChI is InChI=1S/C23H24F2N6O2/c1-32-20-13-14(30-8-10-33-11-9-30)3-5-19(20)27-23-28-21(26)16-6-7-31(22(16)29-23)15-2-4-17(24)18(25)12-15/h2-5,12-13H,6-11H2,1H3,(H3,26,27,28,29). The minimum absolute atomic E-state index is 0.290. The van der Waals surface area contributed by atoms with Crippen LogP contribution < -0.4 is 25.6 Å². The quantitative estimate of drug-likeness (QED) is 0.605. The Balaban J connectivity index is 1.44. The smallest absolute Gasteiger partial charge is 0.231 e. The van der Waals surface area contributed by atoms with Gasteiger partial charge in [-0.3, -0.25) is 0 Å². The van der Waals surface area contributed by atoms with Gasteiger partial charge in [-0.15, -0.1) is 0 Å². The van der Waals surface area contributed by atoms with Gasteiger partial charge in [0.15, 0.2) is 11.6 Å². The predicted octanol–water partition coefficient (Wildman–Crippen LogP) is 3.62. The maximum Gasteiger partial charge on any atom is 0.231 e. The number of aromatic nitrogens is 2. The van der Waals surface area contributed by atoms with Crippen LogP contribution in [0, 0.1) is 11.6 Å². The highest BCUT2D eigenvalue weighted by Gasteiger charge is 2.27. The molecule has 10 heteroatoms. The van der Waals surface area contributed by atoms with Crippen molar-refractivity contribution in [1.29, 1.82) is 0 Å². The fourth-order valence-corrected chi connectivity index (χ4v) is 4.16. The largest absolute Gasteiger partial charge is 0.494 e. The zero-order valence-electron chi connectivity index (χ0n) is 18.1. The summed E-state index contributed by atoms with van der Waals surface area (Å²) in [4.78, 5) is 13.1. The number of methoxy groups -OCH3 is 1. The summed E-state index contributed by atoms with van der Waals surface area (Å²) in [5, 5.41) is 3.19. The maximum atomic E-state index is 13.8. The summed E-state index contributed by atoms with van der Waals surface area (Å²) in [5.74, 6) is 0.0375. The molecule has 0 radical (unpaired) electrons. The van der Waals surface area contributed by atoms with Gasteiger partial charge in [-0.05, 0) is 30.7 Å². The van der Waals surface area contributed by atoms with Crippen LogP contribution in [0.15, 0.2) is 36.4 Å². The van der Waals surface area contributed by atoms with Crippen molar-refractivity contribution in [3.05, 3.63) is 53.6 Å². The van der Waals surface area contributed by atoms with Gasteiger partial charge in [0.1, 0.15) is 17.4 Å². The molecule has 33 heavy (non-hydrogen) atoms. The highest BCUT2D eigenvalue weighted by Crippen LogP contribution is 2.38. The Morgan fingerprint density at radius 3 is 2.55 bits per heavy atom. The molecule has 0 atom stereocenters. The van der Waals surface area contributed by atoms with E-state index in [0.29, 0.717) is 54.9 Å². The van der Waals surface area contributed by atoms with E-state index in [1.54, 1.807) is 12.0 Å². The first-order valence-electron chi connectivity index (χ1n) is 10.7. The van der Waals surface area contributed by atoms with Crippen molar-refractivity contribution in [1.82, 2.24) is 9.97 Å². The fourth-order valence-electron chi connectivity index (χ4n) is 4.16. The first-order valence-corrected chi connectivity index (χ1v) is 10.7. The Labute approximate surface area is 189 Å². The van der Waals surface area contributed by atoms with E-state index in [1.807, 2.05) is 18.2 Å². The van der Waals surface area contributed by atoms with E-state index < -0.39 is 11.6 Å². The number of morpholine rings is 1. The number of ether oxygens (including phenoxy) is 2. The zero-order valence-corrected chi connectivity index (χ0v) is 18.1. The molecule has 3 aromatic rings. The number of nitrogen functional groups attached to an aromatic ring is 1. The lowest BCUT2D eigenvalue weighted by Crippen LogP contribution is -2.36. The van der Waals surface area contributed by atoms with Gasteiger partial charge in [0.05, 0.1) is 26.0 Å². The van der Waals surface area contributed by atoms with E-state index >= 15 is 0 Å². The van der Waals surface area contributed by atoms with Crippen LogP contribution in [0.1, 0.15) is 5.56 Å². The van der Waals surface area contributed by atoms with Gasteiger partial charge in [-0.25, -0.2) is 8.78 Å². The van der Waals surface area contributed by atoms with Crippen molar-refractivity contribution in [2.75, 3.05) is 60.8 Å². The van der Waals surface area contributed by atoms with Crippen LogP contribution in [0.25, 0.3) is 0 Å². The summed E-state index contributed by atoms with van der Waals surface area (Å²) < 4.78 is 38.2.